The fourth-order valence-electron chi connectivity index (χ4n) is 1.69. The fourth-order valence-corrected chi connectivity index (χ4v) is 1.98. The van der Waals surface area contributed by atoms with E-state index in [1.165, 1.54) is 0 Å². The molecule has 0 saturated carbocycles. The molecule has 0 fully saturated rings. The Balaban J connectivity index is 2.54. The third-order valence-corrected chi connectivity index (χ3v) is 2.80. The molecular formula is C14H13ClO. The summed E-state index contributed by atoms with van der Waals surface area (Å²) < 4.78 is 0. The first-order valence-corrected chi connectivity index (χ1v) is 5.51. The van der Waals surface area contributed by atoms with Crippen LogP contribution in [0.25, 0.3) is 11.1 Å². The van der Waals surface area contributed by atoms with E-state index >= 15 is 0 Å². The van der Waals surface area contributed by atoms with E-state index < -0.39 is 0 Å². The summed E-state index contributed by atoms with van der Waals surface area (Å²) in [6.07, 6.45) is 0. The third kappa shape index (κ3) is 2.20. The fraction of sp³-hybridized carbons (Fsp3) is 0.143. The highest BCUT2D eigenvalue weighted by Gasteiger charge is 2.03. The van der Waals surface area contributed by atoms with Gasteiger partial charge in [-0.2, -0.15) is 0 Å². The van der Waals surface area contributed by atoms with Crippen LogP contribution in [0.5, 0.6) is 5.75 Å². The Hall–Kier alpha value is -1.47. The van der Waals surface area contributed by atoms with Crippen LogP contribution in [-0.4, -0.2) is 5.11 Å². The van der Waals surface area contributed by atoms with Crippen LogP contribution in [0.15, 0.2) is 36.4 Å². The molecule has 0 bridgehead atoms. The zero-order chi connectivity index (χ0) is 11.7. The van der Waals surface area contributed by atoms with Gasteiger partial charge in [-0.05, 0) is 54.3 Å². The van der Waals surface area contributed by atoms with E-state index in [9.17, 15) is 5.11 Å². The molecule has 0 saturated heterocycles. The molecular weight excluding hydrogens is 220 g/mol. The van der Waals surface area contributed by atoms with E-state index in [0.717, 1.165) is 27.3 Å². The molecule has 2 heteroatoms. The van der Waals surface area contributed by atoms with Gasteiger partial charge in [-0.1, -0.05) is 29.8 Å². The predicted octanol–water partition coefficient (Wildman–Crippen LogP) is 4.33. The van der Waals surface area contributed by atoms with Gasteiger partial charge < -0.3 is 5.11 Å². The molecule has 2 aromatic carbocycles. The lowest BCUT2D eigenvalue weighted by atomic mass is 10.0. The maximum atomic E-state index is 9.67. The molecule has 0 atom stereocenters. The zero-order valence-electron chi connectivity index (χ0n) is 9.29. The highest BCUT2D eigenvalue weighted by atomic mass is 35.5. The van der Waals surface area contributed by atoms with Crippen molar-refractivity contribution in [1.82, 2.24) is 0 Å². The van der Waals surface area contributed by atoms with Crippen LogP contribution in [0, 0.1) is 13.8 Å². The molecule has 2 rings (SSSR count). The first kappa shape index (κ1) is 11.0. The van der Waals surface area contributed by atoms with Crippen LogP contribution in [0.2, 0.25) is 5.02 Å². The van der Waals surface area contributed by atoms with Gasteiger partial charge in [0.1, 0.15) is 5.75 Å². The molecule has 0 aliphatic rings. The monoisotopic (exact) mass is 232 g/mol. The largest absolute Gasteiger partial charge is 0.508 e. The molecule has 0 heterocycles. The van der Waals surface area contributed by atoms with Crippen molar-refractivity contribution in [3.05, 3.63) is 52.5 Å². The van der Waals surface area contributed by atoms with E-state index in [1.54, 1.807) is 6.07 Å². The van der Waals surface area contributed by atoms with E-state index in [4.69, 9.17) is 11.6 Å². The Morgan fingerprint density at radius 1 is 0.938 bits per heavy atom. The number of aryl methyl sites for hydroxylation is 2. The van der Waals surface area contributed by atoms with Crippen LogP contribution in [0.4, 0.5) is 0 Å². The number of benzene rings is 2. The topological polar surface area (TPSA) is 20.2 Å². The quantitative estimate of drug-likeness (QED) is 0.776. The Kier molecular flexibility index (Phi) is 2.88. The minimum Gasteiger partial charge on any atom is -0.508 e. The van der Waals surface area contributed by atoms with Gasteiger partial charge in [-0.15, -0.1) is 0 Å². The number of phenolic OH excluding ortho intramolecular Hbond substituents is 1. The summed E-state index contributed by atoms with van der Waals surface area (Å²) in [5, 5.41) is 10.4. The van der Waals surface area contributed by atoms with Crippen molar-refractivity contribution >= 4 is 11.6 Å². The molecule has 1 N–H and O–H groups in total. The molecule has 16 heavy (non-hydrogen) atoms. The summed E-state index contributed by atoms with van der Waals surface area (Å²) in [5.74, 6) is 0.315. The van der Waals surface area contributed by atoms with Crippen molar-refractivity contribution in [2.24, 2.45) is 0 Å². The number of halogens is 1. The molecule has 0 aliphatic heterocycles. The van der Waals surface area contributed by atoms with Gasteiger partial charge in [0.25, 0.3) is 0 Å². The van der Waals surface area contributed by atoms with Gasteiger partial charge in [-0.3, -0.25) is 0 Å². The minimum absolute atomic E-state index is 0.315. The van der Waals surface area contributed by atoms with E-state index in [-0.39, 0.29) is 0 Å². The molecule has 0 aromatic heterocycles. The van der Waals surface area contributed by atoms with E-state index in [1.807, 2.05) is 38.1 Å². The first-order chi connectivity index (χ1) is 7.56. The zero-order valence-corrected chi connectivity index (χ0v) is 10.0. The highest BCUT2D eigenvalue weighted by molar-refractivity contribution is 6.30. The standard InChI is InChI=1S/C14H13ClO/c1-9-5-12(7-13(15)6-9)11-4-3-10(2)14(16)8-11/h3-8,16H,1-2H3. The van der Waals surface area contributed by atoms with Gasteiger partial charge in [-0.25, -0.2) is 0 Å². The Morgan fingerprint density at radius 3 is 2.31 bits per heavy atom. The Morgan fingerprint density at radius 2 is 1.69 bits per heavy atom. The summed E-state index contributed by atoms with van der Waals surface area (Å²) in [6, 6.07) is 11.5. The summed E-state index contributed by atoms with van der Waals surface area (Å²) >= 11 is 6.01. The van der Waals surface area contributed by atoms with Crippen LogP contribution in [0.1, 0.15) is 11.1 Å². The first-order valence-electron chi connectivity index (χ1n) is 5.13. The van der Waals surface area contributed by atoms with E-state index in [0.29, 0.717) is 5.75 Å². The highest BCUT2D eigenvalue weighted by Crippen LogP contribution is 2.28. The lowest BCUT2D eigenvalue weighted by Crippen LogP contribution is -1.82. The summed E-state index contributed by atoms with van der Waals surface area (Å²) in [7, 11) is 0. The van der Waals surface area contributed by atoms with Crippen molar-refractivity contribution in [3.63, 3.8) is 0 Å². The van der Waals surface area contributed by atoms with E-state index in [2.05, 4.69) is 6.07 Å². The second kappa shape index (κ2) is 4.18. The van der Waals surface area contributed by atoms with Gasteiger partial charge in [0.15, 0.2) is 0 Å². The summed E-state index contributed by atoms with van der Waals surface area (Å²) in [5.41, 5.74) is 4.00. The van der Waals surface area contributed by atoms with Crippen molar-refractivity contribution in [2.75, 3.05) is 0 Å². The average molecular weight is 233 g/mol. The smallest absolute Gasteiger partial charge is 0.119 e. The summed E-state index contributed by atoms with van der Waals surface area (Å²) in [4.78, 5) is 0. The number of hydrogen-bond acceptors (Lipinski definition) is 1. The molecule has 1 nitrogen and oxygen atoms in total. The number of hydrogen-bond donors (Lipinski definition) is 1. The Labute approximate surface area is 100 Å². The average Bonchev–Trinajstić information content (AvgIpc) is 2.20. The lowest BCUT2D eigenvalue weighted by Gasteiger charge is -2.06. The molecule has 0 unspecified atom stereocenters. The Bertz CT molecular complexity index is 512. The normalized spacial score (nSPS) is 10.4. The van der Waals surface area contributed by atoms with Gasteiger partial charge in [0, 0.05) is 5.02 Å². The predicted molar refractivity (Wildman–Crippen MR) is 68.0 cm³/mol. The van der Waals surface area contributed by atoms with Crippen LogP contribution in [-0.2, 0) is 0 Å². The molecule has 0 amide bonds. The number of aromatic hydroxyl groups is 1. The van der Waals surface area contributed by atoms with Crippen LogP contribution >= 0.6 is 11.6 Å². The number of rotatable bonds is 1. The minimum atomic E-state index is 0.315. The SMILES string of the molecule is Cc1cc(Cl)cc(-c2ccc(C)c(O)c2)c1. The van der Waals surface area contributed by atoms with Crippen molar-refractivity contribution in [1.29, 1.82) is 0 Å². The molecule has 0 radical (unpaired) electrons. The van der Waals surface area contributed by atoms with Crippen molar-refractivity contribution in [3.8, 4) is 16.9 Å². The molecule has 82 valence electrons. The number of phenols is 1. The summed E-state index contributed by atoms with van der Waals surface area (Å²) in [6.45, 7) is 3.88. The van der Waals surface area contributed by atoms with Gasteiger partial charge >= 0.3 is 0 Å². The third-order valence-electron chi connectivity index (χ3n) is 2.58. The molecule has 2 aromatic rings. The molecule has 0 aliphatic carbocycles. The van der Waals surface area contributed by atoms with Gasteiger partial charge in [0.05, 0.1) is 0 Å². The van der Waals surface area contributed by atoms with Crippen LogP contribution < -0.4 is 0 Å². The molecule has 0 spiro atoms. The second-order valence-electron chi connectivity index (χ2n) is 4.02. The van der Waals surface area contributed by atoms with Crippen LogP contribution in [0.3, 0.4) is 0 Å². The van der Waals surface area contributed by atoms with Crippen molar-refractivity contribution in [2.45, 2.75) is 13.8 Å². The second-order valence-corrected chi connectivity index (χ2v) is 4.45. The van der Waals surface area contributed by atoms with Crippen molar-refractivity contribution < 1.29 is 5.11 Å². The lowest BCUT2D eigenvalue weighted by molar-refractivity contribution is 0.471. The maximum absolute atomic E-state index is 9.67. The van der Waals surface area contributed by atoms with Gasteiger partial charge in [0.2, 0.25) is 0 Å². The maximum Gasteiger partial charge on any atom is 0.119 e.